The number of benzene rings is 1. The van der Waals surface area contributed by atoms with Gasteiger partial charge in [-0.2, -0.15) is 0 Å². The van der Waals surface area contributed by atoms with Crippen LogP contribution in [0.5, 0.6) is 0 Å². The third-order valence-electron chi connectivity index (χ3n) is 5.49. The van der Waals surface area contributed by atoms with Gasteiger partial charge < -0.3 is 14.8 Å². The van der Waals surface area contributed by atoms with Crippen molar-refractivity contribution in [1.29, 1.82) is 0 Å². The van der Waals surface area contributed by atoms with E-state index in [1.807, 2.05) is 24.4 Å². The number of hydrogen-bond donors (Lipinski definition) is 1. The van der Waals surface area contributed by atoms with Gasteiger partial charge in [-0.25, -0.2) is 0 Å². The maximum Gasteiger partial charge on any atom is 0.174 e. The zero-order chi connectivity index (χ0) is 19.8. The summed E-state index contributed by atoms with van der Waals surface area (Å²) in [5.41, 5.74) is 5.94. The van der Waals surface area contributed by atoms with Crippen molar-refractivity contribution in [2.45, 2.75) is 45.8 Å². The topological polar surface area (TPSA) is 33.1 Å². The number of anilines is 1. The third kappa shape index (κ3) is 3.10. The lowest BCUT2D eigenvalue weighted by Crippen LogP contribution is -2.29. The summed E-state index contributed by atoms with van der Waals surface area (Å²) in [4.78, 5) is 6.87. The van der Waals surface area contributed by atoms with Crippen LogP contribution in [0.3, 0.4) is 0 Å². The molecule has 0 bridgehead atoms. The van der Waals surface area contributed by atoms with Gasteiger partial charge in [0.1, 0.15) is 0 Å². The standard InChI is InChI=1S/C23H26N4S/c1-15(2)26-16(3)14-19(17(26)4)22-21(20-12-8-9-13-24-20)25-23(28)27(22)18-10-6-5-7-11-18/h5-15,21-22H,1-4H3,(H,25,28). The van der Waals surface area contributed by atoms with Crippen molar-refractivity contribution in [2.75, 3.05) is 4.90 Å². The van der Waals surface area contributed by atoms with Crippen molar-refractivity contribution in [3.05, 3.63) is 83.4 Å². The lowest BCUT2D eigenvalue weighted by Gasteiger charge is -2.28. The number of aromatic nitrogens is 2. The molecule has 3 aromatic rings. The molecule has 2 unspecified atom stereocenters. The molecule has 1 saturated heterocycles. The van der Waals surface area contributed by atoms with Crippen molar-refractivity contribution in [2.24, 2.45) is 0 Å². The molecule has 1 aliphatic heterocycles. The highest BCUT2D eigenvalue weighted by Crippen LogP contribution is 2.43. The van der Waals surface area contributed by atoms with Crippen LogP contribution in [0.2, 0.25) is 0 Å². The van der Waals surface area contributed by atoms with Gasteiger partial charge in [-0.15, -0.1) is 0 Å². The van der Waals surface area contributed by atoms with Gasteiger partial charge in [-0.05, 0) is 75.8 Å². The number of nitrogens with zero attached hydrogens (tertiary/aromatic N) is 3. The fourth-order valence-corrected chi connectivity index (χ4v) is 4.78. The van der Waals surface area contributed by atoms with Crippen LogP contribution in [0.1, 0.15) is 54.6 Å². The van der Waals surface area contributed by atoms with Gasteiger partial charge in [0.05, 0.1) is 17.8 Å². The van der Waals surface area contributed by atoms with Gasteiger partial charge >= 0.3 is 0 Å². The second-order valence-electron chi connectivity index (χ2n) is 7.62. The van der Waals surface area contributed by atoms with E-state index in [1.54, 1.807) is 0 Å². The number of para-hydroxylation sites is 1. The van der Waals surface area contributed by atoms with Gasteiger partial charge in [0, 0.05) is 29.3 Å². The molecule has 28 heavy (non-hydrogen) atoms. The van der Waals surface area contributed by atoms with Crippen LogP contribution in [0.15, 0.2) is 60.8 Å². The van der Waals surface area contributed by atoms with Crippen molar-refractivity contribution < 1.29 is 0 Å². The van der Waals surface area contributed by atoms with Gasteiger partial charge in [-0.3, -0.25) is 4.98 Å². The molecule has 3 heterocycles. The van der Waals surface area contributed by atoms with Crippen LogP contribution in [0.4, 0.5) is 5.69 Å². The molecule has 0 amide bonds. The van der Waals surface area contributed by atoms with E-state index in [2.05, 4.69) is 83.9 Å². The molecule has 4 rings (SSSR count). The Morgan fingerprint density at radius 1 is 1.04 bits per heavy atom. The minimum Gasteiger partial charge on any atom is -0.351 e. The van der Waals surface area contributed by atoms with Gasteiger partial charge in [0.2, 0.25) is 0 Å². The molecular weight excluding hydrogens is 364 g/mol. The van der Waals surface area contributed by atoms with Crippen molar-refractivity contribution in [1.82, 2.24) is 14.9 Å². The summed E-state index contributed by atoms with van der Waals surface area (Å²) in [7, 11) is 0. The summed E-state index contributed by atoms with van der Waals surface area (Å²) in [5.74, 6) is 0. The monoisotopic (exact) mass is 390 g/mol. The highest BCUT2D eigenvalue weighted by Gasteiger charge is 2.42. The van der Waals surface area contributed by atoms with Crippen molar-refractivity contribution in [3.63, 3.8) is 0 Å². The molecule has 1 N–H and O–H groups in total. The Morgan fingerprint density at radius 3 is 2.36 bits per heavy atom. The summed E-state index contributed by atoms with van der Waals surface area (Å²) >= 11 is 5.79. The highest BCUT2D eigenvalue weighted by atomic mass is 32.1. The molecule has 4 nitrogen and oxygen atoms in total. The molecular formula is C23H26N4S. The largest absolute Gasteiger partial charge is 0.351 e. The van der Waals surface area contributed by atoms with E-state index in [0.29, 0.717) is 6.04 Å². The van der Waals surface area contributed by atoms with Crippen molar-refractivity contribution in [3.8, 4) is 0 Å². The first-order chi connectivity index (χ1) is 13.5. The van der Waals surface area contributed by atoms with Crippen LogP contribution >= 0.6 is 12.2 Å². The second-order valence-corrected chi connectivity index (χ2v) is 8.01. The first-order valence-electron chi connectivity index (χ1n) is 9.73. The number of nitrogens with one attached hydrogen (secondary N) is 1. The normalized spacial score (nSPS) is 19.3. The van der Waals surface area contributed by atoms with E-state index in [-0.39, 0.29) is 12.1 Å². The van der Waals surface area contributed by atoms with E-state index in [9.17, 15) is 0 Å². The number of thiocarbonyl (C=S) groups is 1. The van der Waals surface area contributed by atoms with Crippen LogP contribution < -0.4 is 10.2 Å². The van der Waals surface area contributed by atoms with E-state index in [4.69, 9.17) is 12.2 Å². The molecule has 0 spiro atoms. The van der Waals surface area contributed by atoms with Crippen molar-refractivity contribution >= 4 is 23.0 Å². The predicted molar refractivity (Wildman–Crippen MR) is 119 cm³/mol. The highest BCUT2D eigenvalue weighted by molar-refractivity contribution is 7.80. The number of aryl methyl sites for hydroxylation is 1. The molecule has 0 radical (unpaired) electrons. The molecule has 2 atom stereocenters. The average molecular weight is 391 g/mol. The molecule has 1 aliphatic rings. The Labute approximate surface area is 172 Å². The quantitative estimate of drug-likeness (QED) is 0.616. The fraction of sp³-hybridized carbons (Fsp3) is 0.304. The Bertz CT molecular complexity index is 979. The second kappa shape index (κ2) is 7.40. The van der Waals surface area contributed by atoms with Gasteiger partial charge in [-0.1, -0.05) is 24.3 Å². The Hall–Kier alpha value is -2.66. The van der Waals surface area contributed by atoms with Gasteiger partial charge in [0.25, 0.3) is 0 Å². The maximum absolute atomic E-state index is 5.79. The molecule has 0 aliphatic carbocycles. The van der Waals surface area contributed by atoms with E-state index < -0.39 is 0 Å². The molecule has 1 aromatic carbocycles. The molecule has 1 fully saturated rings. The number of rotatable bonds is 4. The van der Waals surface area contributed by atoms with Crippen LogP contribution in [0, 0.1) is 13.8 Å². The summed E-state index contributed by atoms with van der Waals surface area (Å²) < 4.78 is 2.40. The Morgan fingerprint density at radius 2 is 1.75 bits per heavy atom. The lowest BCUT2D eigenvalue weighted by atomic mass is 9.96. The van der Waals surface area contributed by atoms with E-state index in [1.165, 1.54) is 17.0 Å². The van der Waals surface area contributed by atoms with Crippen LogP contribution in [-0.2, 0) is 0 Å². The number of pyridine rings is 1. The smallest absolute Gasteiger partial charge is 0.174 e. The minimum absolute atomic E-state index is 0.00461. The van der Waals surface area contributed by atoms with Crippen LogP contribution in [0.25, 0.3) is 0 Å². The zero-order valence-electron chi connectivity index (χ0n) is 16.8. The van der Waals surface area contributed by atoms with E-state index >= 15 is 0 Å². The summed E-state index contributed by atoms with van der Waals surface area (Å²) in [6.07, 6.45) is 1.85. The lowest BCUT2D eigenvalue weighted by molar-refractivity contribution is 0.547. The number of hydrogen-bond acceptors (Lipinski definition) is 2. The summed E-state index contributed by atoms with van der Waals surface area (Å²) in [5, 5.41) is 4.28. The zero-order valence-corrected chi connectivity index (χ0v) is 17.6. The first kappa shape index (κ1) is 18.7. The van der Waals surface area contributed by atoms with E-state index in [0.717, 1.165) is 16.5 Å². The summed E-state index contributed by atoms with van der Waals surface area (Å²) in [6.45, 7) is 8.85. The van der Waals surface area contributed by atoms with Gasteiger partial charge in [0.15, 0.2) is 5.11 Å². The third-order valence-corrected chi connectivity index (χ3v) is 5.81. The van der Waals surface area contributed by atoms with Crippen LogP contribution in [-0.4, -0.2) is 14.7 Å². The molecule has 0 saturated carbocycles. The maximum atomic E-state index is 5.79. The summed E-state index contributed by atoms with van der Waals surface area (Å²) in [6, 6.07) is 19.2. The molecule has 5 heteroatoms. The first-order valence-corrected chi connectivity index (χ1v) is 10.1. The SMILES string of the molecule is Cc1cc(C2C(c3ccccn3)NC(=S)N2c2ccccc2)c(C)n1C(C)C. The molecule has 2 aromatic heterocycles. The Balaban J connectivity index is 1.89. The Kier molecular flexibility index (Phi) is 4.94. The molecule has 144 valence electrons. The minimum atomic E-state index is -0.00461. The fourth-order valence-electron chi connectivity index (χ4n) is 4.43. The predicted octanol–water partition coefficient (Wildman–Crippen LogP) is 5.26. The average Bonchev–Trinajstić information content (AvgIpc) is 3.18.